The number of benzene rings is 1. The van der Waals surface area contributed by atoms with E-state index in [9.17, 15) is 19.2 Å². The van der Waals surface area contributed by atoms with Crippen molar-refractivity contribution in [1.29, 1.82) is 0 Å². The number of nitrogens with two attached hydrogens (primary N) is 1. The largest absolute Gasteiger partial charge is 0.368 e. The van der Waals surface area contributed by atoms with E-state index in [1.165, 1.54) is 4.90 Å². The van der Waals surface area contributed by atoms with Gasteiger partial charge in [-0.1, -0.05) is 12.1 Å². The van der Waals surface area contributed by atoms with Crippen LogP contribution in [0, 0.1) is 0 Å². The quantitative estimate of drug-likeness (QED) is 0.799. The number of likely N-dealkylation sites (tertiary alicyclic amines) is 1. The van der Waals surface area contributed by atoms with Crippen molar-refractivity contribution in [2.45, 2.75) is 25.3 Å². The van der Waals surface area contributed by atoms with Gasteiger partial charge in [-0.2, -0.15) is 0 Å². The highest BCUT2D eigenvalue weighted by molar-refractivity contribution is 6.21. The Hall–Kier alpha value is -2.70. The van der Waals surface area contributed by atoms with Gasteiger partial charge < -0.3 is 10.6 Å². The Balaban J connectivity index is 1.65. The maximum Gasteiger partial charge on any atom is 0.261 e. The Morgan fingerprint density at radius 2 is 1.74 bits per heavy atom. The molecule has 1 atom stereocenters. The third kappa shape index (κ3) is 2.58. The standard InChI is InChI=1S/C16H17N3O4/c17-14(21)12-6-3-8-18(12)13(20)7-9-19-15(22)10-4-1-2-5-11(10)16(19)23/h1-2,4-5,12H,3,6-9H2,(H2,17,21)/t12-/m0/s1. The van der Waals surface area contributed by atoms with Crippen LogP contribution in [-0.2, 0) is 9.59 Å². The molecule has 1 aromatic carbocycles. The van der Waals surface area contributed by atoms with Crippen LogP contribution in [0.2, 0.25) is 0 Å². The van der Waals surface area contributed by atoms with Crippen LogP contribution in [-0.4, -0.2) is 52.6 Å². The van der Waals surface area contributed by atoms with Crippen molar-refractivity contribution < 1.29 is 19.2 Å². The first-order valence-electron chi connectivity index (χ1n) is 7.54. The summed E-state index contributed by atoms with van der Waals surface area (Å²) in [5.74, 6) is -1.54. The molecule has 3 rings (SSSR count). The lowest BCUT2D eigenvalue weighted by Crippen LogP contribution is -2.45. The van der Waals surface area contributed by atoms with Gasteiger partial charge in [0.1, 0.15) is 6.04 Å². The average Bonchev–Trinajstić information content (AvgIpc) is 3.11. The van der Waals surface area contributed by atoms with Gasteiger partial charge in [-0.05, 0) is 25.0 Å². The van der Waals surface area contributed by atoms with Crippen molar-refractivity contribution in [2.24, 2.45) is 5.73 Å². The van der Waals surface area contributed by atoms with Crippen molar-refractivity contribution in [3.05, 3.63) is 35.4 Å². The first kappa shape index (κ1) is 15.2. The highest BCUT2D eigenvalue weighted by atomic mass is 16.2. The molecule has 120 valence electrons. The number of amides is 4. The van der Waals surface area contributed by atoms with E-state index in [0.717, 1.165) is 11.3 Å². The van der Waals surface area contributed by atoms with E-state index in [2.05, 4.69) is 0 Å². The topological polar surface area (TPSA) is 101 Å². The summed E-state index contributed by atoms with van der Waals surface area (Å²) in [4.78, 5) is 50.6. The second-order valence-electron chi connectivity index (χ2n) is 5.71. The summed E-state index contributed by atoms with van der Waals surface area (Å²) in [6.45, 7) is 0.488. The number of fused-ring (bicyclic) bond motifs is 1. The van der Waals surface area contributed by atoms with Crippen molar-refractivity contribution >= 4 is 23.6 Å². The van der Waals surface area contributed by atoms with Crippen molar-refractivity contribution in [3.8, 4) is 0 Å². The average molecular weight is 315 g/mol. The zero-order chi connectivity index (χ0) is 16.6. The number of hydrogen-bond donors (Lipinski definition) is 1. The van der Waals surface area contributed by atoms with E-state index >= 15 is 0 Å². The van der Waals surface area contributed by atoms with Crippen LogP contribution in [0.3, 0.4) is 0 Å². The maximum atomic E-state index is 12.3. The molecule has 0 bridgehead atoms. The highest BCUT2D eigenvalue weighted by Gasteiger charge is 2.37. The Kier molecular flexibility index (Phi) is 3.85. The molecular weight excluding hydrogens is 298 g/mol. The van der Waals surface area contributed by atoms with E-state index in [4.69, 9.17) is 5.73 Å². The molecule has 0 aliphatic carbocycles. The van der Waals surface area contributed by atoms with Gasteiger partial charge >= 0.3 is 0 Å². The summed E-state index contributed by atoms with van der Waals surface area (Å²) < 4.78 is 0. The molecule has 1 fully saturated rings. The third-order valence-electron chi connectivity index (χ3n) is 4.33. The summed E-state index contributed by atoms with van der Waals surface area (Å²) in [5.41, 5.74) is 6.02. The van der Waals surface area contributed by atoms with Crippen LogP contribution in [0.5, 0.6) is 0 Å². The van der Waals surface area contributed by atoms with Gasteiger partial charge in [-0.25, -0.2) is 0 Å². The van der Waals surface area contributed by atoms with E-state index in [1.54, 1.807) is 24.3 Å². The lowest BCUT2D eigenvalue weighted by Gasteiger charge is -2.23. The molecule has 2 N–H and O–H groups in total. The molecule has 2 heterocycles. The van der Waals surface area contributed by atoms with Crippen LogP contribution in [0.1, 0.15) is 40.0 Å². The molecule has 23 heavy (non-hydrogen) atoms. The fraction of sp³-hybridized carbons (Fsp3) is 0.375. The molecule has 0 radical (unpaired) electrons. The molecule has 2 aliphatic rings. The second-order valence-corrected chi connectivity index (χ2v) is 5.71. The van der Waals surface area contributed by atoms with Gasteiger partial charge in [0, 0.05) is 19.5 Å². The maximum absolute atomic E-state index is 12.3. The molecule has 7 nitrogen and oxygen atoms in total. The van der Waals surface area contributed by atoms with Gasteiger partial charge in [-0.3, -0.25) is 24.1 Å². The third-order valence-corrected chi connectivity index (χ3v) is 4.33. The SMILES string of the molecule is NC(=O)[C@@H]1CCCN1C(=O)CCN1C(=O)c2ccccc2C1=O. The van der Waals surface area contributed by atoms with Crippen molar-refractivity contribution in [2.75, 3.05) is 13.1 Å². The molecule has 7 heteroatoms. The number of imide groups is 1. The molecular formula is C16H17N3O4. The lowest BCUT2D eigenvalue weighted by atomic mass is 10.1. The molecule has 1 saturated heterocycles. The van der Waals surface area contributed by atoms with Crippen LogP contribution in [0.25, 0.3) is 0 Å². The zero-order valence-electron chi connectivity index (χ0n) is 12.5. The Bertz CT molecular complexity index is 665. The predicted molar refractivity (Wildman–Crippen MR) is 80.4 cm³/mol. The van der Waals surface area contributed by atoms with Crippen molar-refractivity contribution in [3.63, 3.8) is 0 Å². The second kappa shape index (κ2) is 5.83. The fourth-order valence-corrected chi connectivity index (χ4v) is 3.15. The number of hydrogen-bond acceptors (Lipinski definition) is 4. The van der Waals surface area contributed by atoms with E-state index in [0.29, 0.717) is 24.1 Å². The smallest absolute Gasteiger partial charge is 0.261 e. The van der Waals surface area contributed by atoms with Crippen LogP contribution in [0.4, 0.5) is 0 Å². The summed E-state index contributed by atoms with van der Waals surface area (Å²) in [6, 6.07) is 6.01. The zero-order valence-corrected chi connectivity index (χ0v) is 12.5. The van der Waals surface area contributed by atoms with Crippen LogP contribution >= 0.6 is 0 Å². The van der Waals surface area contributed by atoms with E-state index in [1.807, 2.05) is 0 Å². The molecule has 0 saturated carbocycles. The van der Waals surface area contributed by atoms with E-state index < -0.39 is 11.9 Å². The predicted octanol–water partition coefficient (Wildman–Crippen LogP) is 0.149. The molecule has 0 aromatic heterocycles. The van der Waals surface area contributed by atoms with Gasteiger partial charge in [0.2, 0.25) is 11.8 Å². The van der Waals surface area contributed by atoms with Gasteiger partial charge in [0.25, 0.3) is 11.8 Å². The number of primary amides is 1. The minimum Gasteiger partial charge on any atom is -0.368 e. The van der Waals surface area contributed by atoms with Crippen LogP contribution < -0.4 is 5.73 Å². The summed E-state index contributed by atoms with van der Waals surface area (Å²) in [5, 5.41) is 0. The number of rotatable bonds is 4. The van der Waals surface area contributed by atoms with Gasteiger partial charge in [-0.15, -0.1) is 0 Å². The normalized spacial score (nSPS) is 20.1. The molecule has 2 aliphatic heterocycles. The number of carbonyl (C=O) groups excluding carboxylic acids is 4. The summed E-state index contributed by atoms with van der Waals surface area (Å²) in [6.07, 6.45) is 1.29. The first-order valence-corrected chi connectivity index (χ1v) is 7.54. The molecule has 0 unspecified atom stereocenters. The molecule has 0 spiro atoms. The molecule has 4 amide bonds. The minimum atomic E-state index is -0.579. The Morgan fingerprint density at radius 1 is 1.13 bits per heavy atom. The first-order chi connectivity index (χ1) is 11.0. The molecule has 1 aromatic rings. The summed E-state index contributed by atoms with van der Waals surface area (Å²) in [7, 11) is 0. The van der Waals surface area contributed by atoms with Crippen molar-refractivity contribution in [1.82, 2.24) is 9.80 Å². The fourth-order valence-electron chi connectivity index (χ4n) is 3.15. The Labute approximate surface area is 133 Å². The Morgan fingerprint density at radius 3 is 2.30 bits per heavy atom. The monoisotopic (exact) mass is 315 g/mol. The number of carbonyl (C=O) groups is 4. The highest BCUT2D eigenvalue weighted by Crippen LogP contribution is 2.23. The van der Waals surface area contributed by atoms with E-state index in [-0.39, 0.29) is 30.7 Å². The van der Waals surface area contributed by atoms with Crippen LogP contribution in [0.15, 0.2) is 24.3 Å². The lowest BCUT2D eigenvalue weighted by molar-refractivity contribution is -0.137. The van der Waals surface area contributed by atoms with Gasteiger partial charge in [0.05, 0.1) is 11.1 Å². The number of nitrogens with zero attached hydrogens (tertiary/aromatic N) is 2. The summed E-state index contributed by atoms with van der Waals surface area (Å²) >= 11 is 0. The van der Waals surface area contributed by atoms with Gasteiger partial charge in [0.15, 0.2) is 0 Å². The minimum absolute atomic E-state index is 0.00471.